The van der Waals surface area contributed by atoms with E-state index >= 15 is 0 Å². The number of aromatic nitrogens is 1. The smallest absolute Gasteiger partial charge is 0.387 e. The molecule has 0 atom stereocenters. The predicted molar refractivity (Wildman–Crippen MR) is 52.8 cm³/mol. The number of hydrogen-bond acceptors (Lipinski definition) is 2. The number of hydrogen-bond donors (Lipinski definition) is 2. The summed E-state index contributed by atoms with van der Waals surface area (Å²) in [6.45, 7) is -2.48. The molecule has 0 aliphatic carbocycles. The molecular formula is C10H10F2N2O. The van der Waals surface area contributed by atoms with Crippen LogP contribution < -0.4 is 10.5 Å². The molecule has 0 radical (unpaired) electrons. The van der Waals surface area contributed by atoms with Crippen molar-refractivity contribution in [3.05, 3.63) is 30.0 Å². The Morgan fingerprint density at radius 3 is 2.87 bits per heavy atom. The second-order valence-corrected chi connectivity index (χ2v) is 3.09. The number of rotatable bonds is 3. The van der Waals surface area contributed by atoms with E-state index in [9.17, 15) is 8.78 Å². The molecule has 80 valence electrons. The molecule has 2 aromatic rings. The van der Waals surface area contributed by atoms with Gasteiger partial charge in [-0.25, -0.2) is 0 Å². The molecule has 1 aromatic carbocycles. The molecule has 1 heterocycles. The molecule has 0 aliphatic heterocycles. The molecule has 2 rings (SSSR count). The van der Waals surface area contributed by atoms with Crippen molar-refractivity contribution in [3.63, 3.8) is 0 Å². The number of H-pyrrole nitrogens is 1. The molecule has 0 saturated heterocycles. The van der Waals surface area contributed by atoms with Crippen molar-refractivity contribution in [2.24, 2.45) is 5.73 Å². The van der Waals surface area contributed by atoms with E-state index in [1.54, 1.807) is 18.2 Å². The van der Waals surface area contributed by atoms with Gasteiger partial charge in [0.05, 0.1) is 0 Å². The van der Waals surface area contributed by atoms with Gasteiger partial charge in [-0.3, -0.25) is 0 Å². The Morgan fingerprint density at radius 1 is 1.40 bits per heavy atom. The highest BCUT2D eigenvalue weighted by atomic mass is 19.3. The van der Waals surface area contributed by atoms with Crippen molar-refractivity contribution in [2.75, 3.05) is 0 Å². The van der Waals surface area contributed by atoms with E-state index in [1.807, 2.05) is 0 Å². The van der Waals surface area contributed by atoms with Gasteiger partial charge in [0.15, 0.2) is 0 Å². The lowest BCUT2D eigenvalue weighted by atomic mass is 10.2. The van der Waals surface area contributed by atoms with Crippen LogP contribution in [-0.4, -0.2) is 11.6 Å². The third-order valence-electron chi connectivity index (χ3n) is 2.12. The maximum absolute atomic E-state index is 12.1. The second-order valence-electron chi connectivity index (χ2n) is 3.09. The van der Waals surface area contributed by atoms with E-state index in [-0.39, 0.29) is 5.75 Å². The monoisotopic (exact) mass is 212 g/mol. The van der Waals surface area contributed by atoms with Crippen LogP contribution in [0.1, 0.15) is 5.69 Å². The summed E-state index contributed by atoms with van der Waals surface area (Å²) in [5, 5.41) is 0.623. The normalized spacial score (nSPS) is 11.2. The fourth-order valence-corrected chi connectivity index (χ4v) is 1.49. The lowest BCUT2D eigenvalue weighted by Crippen LogP contribution is -2.01. The molecule has 0 aliphatic rings. The Kier molecular flexibility index (Phi) is 2.55. The van der Waals surface area contributed by atoms with Crippen molar-refractivity contribution in [1.82, 2.24) is 4.98 Å². The van der Waals surface area contributed by atoms with E-state index in [1.165, 1.54) is 6.07 Å². The third kappa shape index (κ3) is 1.92. The SMILES string of the molecule is NCc1cc2c(OC(F)F)cccc2[nH]1. The minimum atomic E-state index is -2.81. The quantitative estimate of drug-likeness (QED) is 0.819. The molecule has 0 bridgehead atoms. The Hall–Kier alpha value is -1.62. The fourth-order valence-electron chi connectivity index (χ4n) is 1.49. The molecule has 5 heteroatoms. The maximum Gasteiger partial charge on any atom is 0.387 e. The second kappa shape index (κ2) is 3.86. The van der Waals surface area contributed by atoms with Gasteiger partial charge in [-0.15, -0.1) is 0 Å². The van der Waals surface area contributed by atoms with E-state index < -0.39 is 6.61 Å². The van der Waals surface area contributed by atoms with Gasteiger partial charge in [0, 0.05) is 23.1 Å². The van der Waals surface area contributed by atoms with E-state index in [0.29, 0.717) is 11.9 Å². The van der Waals surface area contributed by atoms with Gasteiger partial charge < -0.3 is 15.5 Å². The number of fused-ring (bicyclic) bond motifs is 1. The summed E-state index contributed by atoms with van der Waals surface area (Å²) in [6, 6.07) is 6.65. The van der Waals surface area contributed by atoms with Crippen LogP contribution in [0.2, 0.25) is 0 Å². The number of aromatic amines is 1. The summed E-state index contributed by atoms with van der Waals surface area (Å²) in [5.74, 6) is 0.165. The summed E-state index contributed by atoms with van der Waals surface area (Å²) in [7, 11) is 0. The number of benzene rings is 1. The predicted octanol–water partition coefficient (Wildman–Crippen LogP) is 2.23. The molecular weight excluding hydrogens is 202 g/mol. The Labute approximate surface area is 84.8 Å². The average molecular weight is 212 g/mol. The standard InChI is InChI=1S/C10H10F2N2O/c11-10(12)15-9-3-1-2-8-7(9)4-6(5-13)14-8/h1-4,10,14H,5,13H2. The zero-order valence-electron chi connectivity index (χ0n) is 7.84. The molecule has 3 N–H and O–H groups in total. The van der Waals surface area contributed by atoms with Crippen LogP contribution in [0.5, 0.6) is 5.75 Å². The van der Waals surface area contributed by atoms with E-state index in [2.05, 4.69) is 9.72 Å². The highest BCUT2D eigenvalue weighted by Crippen LogP contribution is 2.27. The molecule has 0 amide bonds. The summed E-state index contributed by atoms with van der Waals surface area (Å²) in [6.07, 6.45) is 0. The van der Waals surface area contributed by atoms with Gasteiger partial charge in [-0.2, -0.15) is 8.78 Å². The lowest BCUT2D eigenvalue weighted by molar-refractivity contribution is -0.0487. The van der Waals surface area contributed by atoms with Crippen LogP contribution in [0.3, 0.4) is 0 Å². The highest BCUT2D eigenvalue weighted by Gasteiger charge is 2.09. The van der Waals surface area contributed by atoms with Crippen LogP contribution in [0, 0.1) is 0 Å². The maximum atomic E-state index is 12.1. The zero-order chi connectivity index (χ0) is 10.8. The molecule has 1 aromatic heterocycles. The van der Waals surface area contributed by atoms with Crippen molar-refractivity contribution in [3.8, 4) is 5.75 Å². The summed E-state index contributed by atoms with van der Waals surface area (Å²) >= 11 is 0. The summed E-state index contributed by atoms with van der Waals surface area (Å²) in [5.41, 5.74) is 6.98. The van der Waals surface area contributed by atoms with Crippen molar-refractivity contribution < 1.29 is 13.5 Å². The summed E-state index contributed by atoms with van der Waals surface area (Å²) in [4.78, 5) is 3.01. The van der Waals surface area contributed by atoms with E-state index in [4.69, 9.17) is 5.73 Å². The highest BCUT2D eigenvalue weighted by molar-refractivity contribution is 5.86. The first kappa shape index (κ1) is 9.92. The number of halogens is 2. The van der Waals surface area contributed by atoms with Gasteiger partial charge in [-0.05, 0) is 18.2 Å². The van der Waals surface area contributed by atoms with E-state index in [0.717, 1.165) is 11.2 Å². The first-order chi connectivity index (χ1) is 7.20. The summed E-state index contributed by atoms with van der Waals surface area (Å²) < 4.78 is 28.6. The number of nitrogens with two attached hydrogens (primary N) is 1. The van der Waals surface area contributed by atoms with Crippen LogP contribution in [0.4, 0.5) is 8.78 Å². The van der Waals surface area contributed by atoms with Gasteiger partial charge in [0.1, 0.15) is 5.75 Å². The molecule has 3 nitrogen and oxygen atoms in total. The fraction of sp³-hybridized carbons (Fsp3) is 0.200. The molecule has 0 unspecified atom stereocenters. The van der Waals surface area contributed by atoms with Gasteiger partial charge in [-0.1, -0.05) is 6.07 Å². The Morgan fingerprint density at radius 2 is 2.20 bits per heavy atom. The van der Waals surface area contributed by atoms with Crippen LogP contribution in [0.15, 0.2) is 24.3 Å². The first-order valence-electron chi connectivity index (χ1n) is 4.46. The molecule has 15 heavy (non-hydrogen) atoms. The minimum Gasteiger partial charge on any atom is -0.434 e. The lowest BCUT2D eigenvalue weighted by Gasteiger charge is -2.04. The van der Waals surface area contributed by atoms with Crippen molar-refractivity contribution in [2.45, 2.75) is 13.2 Å². The Balaban J connectivity index is 2.49. The van der Waals surface area contributed by atoms with Gasteiger partial charge in [0.25, 0.3) is 0 Å². The number of alkyl halides is 2. The zero-order valence-corrected chi connectivity index (χ0v) is 7.84. The number of ether oxygens (including phenoxy) is 1. The molecule has 0 spiro atoms. The average Bonchev–Trinajstić information content (AvgIpc) is 2.61. The van der Waals surface area contributed by atoms with Crippen LogP contribution >= 0.6 is 0 Å². The molecule has 0 fully saturated rings. The van der Waals surface area contributed by atoms with Crippen LogP contribution in [0.25, 0.3) is 10.9 Å². The first-order valence-corrected chi connectivity index (χ1v) is 4.46. The van der Waals surface area contributed by atoms with Crippen molar-refractivity contribution >= 4 is 10.9 Å². The minimum absolute atomic E-state index is 0.165. The van der Waals surface area contributed by atoms with Gasteiger partial charge >= 0.3 is 6.61 Å². The Bertz CT molecular complexity index is 467. The van der Waals surface area contributed by atoms with Gasteiger partial charge in [0.2, 0.25) is 0 Å². The third-order valence-corrected chi connectivity index (χ3v) is 2.12. The largest absolute Gasteiger partial charge is 0.434 e. The molecule has 0 saturated carbocycles. The topological polar surface area (TPSA) is 51.0 Å². The van der Waals surface area contributed by atoms with Crippen molar-refractivity contribution in [1.29, 1.82) is 0 Å². The number of nitrogens with one attached hydrogen (secondary N) is 1. The van der Waals surface area contributed by atoms with Crippen LogP contribution in [-0.2, 0) is 6.54 Å².